The number of oxazole rings is 1. The number of hydrogen-bond acceptors (Lipinski definition) is 6. The van der Waals surface area contributed by atoms with E-state index in [1.165, 1.54) is 7.05 Å². The number of hydrogen-bond donors (Lipinski definition) is 2. The molecule has 8 heteroatoms. The summed E-state index contributed by atoms with van der Waals surface area (Å²) < 4.78 is 6.60. The predicted octanol–water partition coefficient (Wildman–Crippen LogP) is 2.50. The van der Waals surface area contributed by atoms with Crippen LogP contribution in [0.1, 0.15) is 5.56 Å². The van der Waals surface area contributed by atoms with Crippen molar-refractivity contribution in [3.63, 3.8) is 0 Å². The van der Waals surface area contributed by atoms with Crippen molar-refractivity contribution >= 4 is 22.6 Å². The van der Waals surface area contributed by atoms with Crippen LogP contribution in [0.5, 0.6) is 0 Å². The smallest absolute Gasteiger partial charge is 0.329 e. The van der Waals surface area contributed by atoms with Gasteiger partial charge in [0.25, 0.3) is 5.56 Å². The summed E-state index contributed by atoms with van der Waals surface area (Å²) in [5.74, 6) is 0.484. The molecule has 0 atom stereocenters. The van der Waals surface area contributed by atoms with Gasteiger partial charge in [-0.25, -0.2) is 9.78 Å². The third-order valence-electron chi connectivity index (χ3n) is 4.09. The average Bonchev–Trinajstić information content (AvgIpc) is 3.11. The molecule has 0 aliphatic heterocycles. The molecule has 0 unspecified atom stereocenters. The van der Waals surface area contributed by atoms with E-state index in [0.29, 0.717) is 22.7 Å². The highest BCUT2D eigenvalue weighted by Crippen LogP contribution is 2.27. The van der Waals surface area contributed by atoms with Gasteiger partial charge in [-0.3, -0.25) is 14.3 Å². The summed E-state index contributed by atoms with van der Waals surface area (Å²) in [7, 11) is 1.31. The molecule has 0 bridgehead atoms. The highest BCUT2D eigenvalue weighted by atomic mass is 16.3. The minimum absolute atomic E-state index is 0.0420. The van der Waals surface area contributed by atoms with E-state index < -0.39 is 11.2 Å². The molecule has 2 N–H and O–H groups in total. The fourth-order valence-corrected chi connectivity index (χ4v) is 2.69. The second-order valence-corrected chi connectivity index (χ2v) is 5.85. The second-order valence-electron chi connectivity index (χ2n) is 5.85. The maximum Gasteiger partial charge on any atom is 0.329 e. The third-order valence-corrected chi connectivity index (χ3v) is 4.09. The number of benzene rings is 2. The summed E-state index contributed by atoms with van der Waals surface area (Å²) in [4.78, 5) is 30.9. The number of para-hydroxylation sites is 2. The number of H-pyrrole nitrogens is 1. The highest BCUT2D eigenvalue weighted by molar-refractivity contribution is 5.77. The van der Waals surface area contributed by atoms with Crippen molar-refractivity contribution in [2.45, 2.75) is 0 Å². The topological polar surface area (TPSA) is 117 Å². The first-order valence-corrected chi connectivity index (χ1v) is 8.03. The zero-order valence-electron chi connectivity index (χ0n) is 14.2. The Morgan fingerprint density at radius 2 is 2.00 bits per heavy atom. The number of aromatic amines is 1. The van der Waals surface area contributed by atoms with Crippen molar-refractivity contribution in [1.29, 1.82) is 5.26 Å². The SMILES string of the molecule is Cn1c(=O)[nH]c(Nc2cccc(-c3nc4ccccc4o3)c2)c(C#N)c1=O. The van der Waals surface area contributed by atoms with Crippen molar-refractivity contribution in [3.05, 3.63) is 74.9 Å². The van der Waals surface area contributed by atoms with Gasteiger partial charge >= 0.3 is 5.69 Å². The molecular weight excluding hydrogens is 346 g/mol. The van der Waals surface area contributed by atoms with E-state index in [-0.39, 0.29) is 11.4 Å². The minimum Gasteiger partial charge on any atom is -0.436 e. The van der Waals surface area contributed by atoms with Gasteiger partial charge < -0.3 is 9.73 Å². The molecule has 4 aromatic rings. The third kappa shape index (κ3) is 2.87. The van der Waals surface area contributed by atoms with Crippen molar-refractivity contribution in [2.24, 2.45) is 7.05 Å². The van der Waals surface area contributed by atoms with Gasteiger partial charge in [-0.2, -0.15) is 5.26 Å². The molecule has 0 spiro atoms. The van der Waals surface area contributed by atoms with Crippen LogP contribution in [-0.4, -0.2) is 14.5 Å². The lowest BCUT2D eigenvalue weighted by Gasteiger charge is -2.09. The Kier molecular flexibility index (Phi) is 3.82. The van der Waals surface area contributed by atoms with E-state index in [4.69, 9.17) is 4.42 Å². The molecule has 2 aromatic heterocycles. The maximum atomic E-state index is 12.1. The molecule has 0 aliphatic carbocycles. The van der Waals surface area contributed by atoms with Gasteiger partial charge in [0.05, 0.1) is 0 Å². The van der Waals surface area contributed by atoms with Crippen molar-refractivity contribution in [3.8, 4) is 17.5 Å². The maximum absolute atomic E-state index is 12.1. The largest absolute Gasteiger partial charge is 0.436 e. The minimum atomic E-state index is -0.668. The normalized spacial score (nSPS) is 10.7. The number of rotatable bonds is 3. The Labute approximate surface area is 152 Å². The van der Waals surface area contributed by atoms with Crippen LogP contribution in [0.2, 0.25) is 0 Å². The van der Waals surface area contributed by atoms with Crippen LogP contribution >= 0.6 is 0 Å². The van der Waals surface area contributed by atoms with Gasteiger partial charge in [0.2, 0.25) is 5.89 Å². The molecule has 132 valence electrons. The summed E-state index contributed by atoms with van der Waals surface area (Å²) >= 11 is 0. The van der Waals surface area contributed by atoms with E-state index in [0.717, 1.165) is 10.1 Å². The van der Waals surface area contributed by atoms with Gasteiger partial charge in [0.15, 0.2) is 11.1 Å². The predicted molar refractivity (Wildman–Crippen MR) is 99.7 cm³/mol. The number of nitriles is 1. The first kappa shape index (κ1) is 16.4. The molecule has 0 radical (unpaired) electrons. The zero-order valence-corrected chi connectivity index (χ0v) is 14.2. The van der Waals surface area contributed by atoms with Gasteiger partial charge in [-0.1, -0.05) is 18.2 Å². The summed E-state index contributed by atoms with van der Waals surface area (Å²) in [6, 6.07) is 16.3. The van der Waals surface area contributed by atoms with Crippen molar-refractivity contribution in [2.75, 3.05) is 5.32 Å². The van der Waals surface area contributed by atoms with Gasteiger partial charge in [-0.05, 0) is 30.3 Å². The van der Waals surface area contributed by atoms with E-state index in [1.54, 1.807) is 18.2 Å². The van der Waals surface area contributed by atoms with Crippen LogP contribution in [0.15, 0.2) is 62.5 Å². The van der Waals surface area contributed by atoms with Crippen molar-refractivity contribution in [1.82, 2.24) is 14.5 Å². The van der Waals surface area contributed by atoms with Crippen LogP contribution in [0.4, 0.5) is 11.5 Å². The Balaban J connectivity index is 1.75. The number of anilines is 2. The number of nitrogens with zero attached hydrogens (tertiary/aromatic N) is 3. The first-order chi connectivity index (χ1) is 13.1. The second kappa shape index (κ2) is 6.31. The van der Waals surface area contributed by atoms with Crippen LogP contribution in [-0.2, 0) is 7.05 Å². The Hall–Kier alpha value is -4.12. The van der Waals surface area contributed by atoms with E-state index in [9.17, 15) is 14.9 Å². The van der Waals surface area contributed by atoms with Crippen LogP contribution in [0.3, 0.4) is 0 Å². The Morgan fingerprint density at radius 3 is 2.78 bits per heavy atom. The summed E-state index contributed by atoms with van der Waals surface area (Å²) in [6.45, 7) is 0. The van der Waals surface area contributed by atoms with Gasteiger partial charge in [0.1, 0.15) is 17.4 Å². The van der Waals surface area contributed by atoms with Crippen molar-refractivity contribution < 1.29 is 4.42 Å². The van der Waals surface area contributed by atoms with Gasteiger partial charge in [-0.15, -0.1) is 0 Å². The first-order valence-electron chi connectivity index (χ1n) is 8.03. The Morgan fingerprint density at radius 1 is 1.19 bits per heavy atom. The summed E-state index contributed by atoms with van der Waals surface area (Å²) in [5.41, 5.74) is 1.23. The quantitative estimate of drug-likeness (QED) is 0.580. The molecule has 2 heterocycles. The van der Waals surface area contributed by atoms with Gasteiger partial charge in [0, 0.05) is 18.3 Å². The fraction of sp³-hybridized carbons (Fsp3) is 0.0526. The molecule has 2 aromatic carbocycles. The molecule has 0 amide bonds. The number of fused-ring (bicyclic) bond motifs is 1. The number of nitrogens with one attached hydrogen (secondary N) is 2. The lowest BCUT2D eigenvalue weighted by Crippen LogP contribution is -2.35. The van der Waals surface area contributed by atoms with Crippen LogP contribution in [0, 0.1) is 11.3 Å². The molecule has 27 heavy (non-hydrogen) atoms. The highest BCUT2D eigenvalue weighted by Gasteiger charge is 2.13. The molecule has 8 nitrogen and oxygen atoms in total. The molecule has 0 aliphatic rings. The fourth-order valence-electron chi connectivity index (χ4n) is 2.69. The summed E-state index contributed by atoms with van der Waals surface area (Å²) in [6.07, 6.45) is 0. The standard InChI is InChI=1S/C19H13N5O3/c1-24-18(25)13(10-20)16(23-19(24)26)21-12-6-4-5-11(9-12)17-22-14-7-2-3-8-15(14)27-17/h2-9,21H,1H3,(H,23,26). The van der Waals surface area contributed by atoms with Crippen LogP contribution in [0.25, 0.3) is 22.6 Å². The van der Waals surface area contributed by atoms with E-state index in [1.807, 2.05) is 36.4 Å². The summed E-state index contributed by atoms with van der Waals surface area (Å²) in [5, 5.41) is 12.2. The van der Waals surface area contributed by atoms with E-state index >= 15 is 0 Å². The molecule has 0 saturated carbocycles. The lowest BCUT2D eigenvalue weighted by atomic mass is 10.2. The Bertz CT molecular complexity index is 1290. The number of aromatic nitrogens is 3. The molecule has 4 rings (SSSR count). The molecule has 0 saturated heterocycles. The van der Waals surface area contributed by atoms with E-state index in [2.05, 4.69) is 15.3 Å². The molecule has 0 fully saturated rings. The zero-order chi connectivity index (χ0) is 19.0. The lowest BCUT2D eigenvalue weighted by molar-refractivity contribution is 0.620. The average molecular weight is 359 g/mol. The monoisotopic (exact) mass is 359 g/mol. The molecular formula is C19H13N5O3. The van der Waals surface area contributed by atoms with Crippen LogP contribution < -0.4 is 16.6 Å².